The van der Waals surface area contributed by atoms with Gasteiger partial charge in [-0.2, -0.15) is 0 Å². The molecular formula is C15H28N4. The predicted molar refractivity (Wildman–Crippen MR) is 79.1 cm³/mol. The van der Waals surface area contributed by atoms with E-state index in [-0.39, 0.29) is 5.54 Å². The van der Waals surface area contributed by atoms with Gasteiger partial charge in [0, 0.05) is 24.8 Å². The first-order chi connectivity index (χ1) is 9.04. The molecule has 0 spiro atoms. The number of hydrogen-bond donors (Lipinski definition) is 1. The van der Waals surface area contributed by atoms with Crippen LogP contribution in [0.1, 0.15) is 45.7 Å². The molecule has 1 aromatic rings. The van der Waals surface area contributed by atoms with Crippen molar-refractivity contribution in [3.05, 3.63) is 18.2 Å². The van der Waals surface area contributed by atoms with Gasteiger partial charge in [-0.15, -0.1) is 0 Å². The van der Waals surface area contributed by atoms with Gasteiger partial charge in [-0.1, -0.05) is 0 Å². The average Bonchev–Trinajstić information content (AvgIpc) is 2.96. The molecule has 2 rings (SSSR count). The molecular weight excluding hydrogens is 236 g/mol. The van der Waals surface area contributed by atoms with Gasteiger partial charge < -0.3 is 14.8 Å². The van der Waals surface area contributed by atoms with Crippen LogP contribution in [0.4, 0.5) is 0 Å². The topological polar surface area (TPSA) is 33.1 Å². The summed E-state index contributed by atoms with van der Waals surface area (Å²) in [5, 5.41) is 3.52. The fourth-order valence-electron chi connectivity index (χ4n) is 2.52. The van der Waals surface area contributed by atoms with Crippen LogP contribution in [0.25, 0.3) is 0 Å². The Morgan fingerprint density at radius 2 is 1.95 bits per heavy atom. The van der Waals surface area contributed by atoms with E-state index in [1.165, 1.54) is 44.6 Å². The monoisotopic (exact) mass is 264 g/mol. The highest BCUT2D eigenvalue weighted by atomic mass is 15.1. The number of rotatable bonds is 6. The minimum absolute atomic E-state index is 0.157. The predicted octanol–water partition coefficient (Wildman–Crippen LogP) is 2.26. The Labute approximate surface area is 117 Å². The van der Waals surface area contributed by atoms with Crippen molar-refractivity contribution in [1.82, 2.24) is 19.8 Å². The van der Waals surface area contributed by atoms with Gasteiger partial charge in [0.2, 0.25) is 0 Å². The molecule has 1 aromatic heterocycles. The molecule has 0 bridgehead atoms. The number of imidazole rings is 1. The van der Waals surface area contributed by atoms with Crippen molar-refractivity contribution in [2.75, 3.05) is 19.6 Å². The minimum atomic E-state index is 0.157. The SMILES string of the molecule is CC(C)(C)NCc1cncn1CCCN1CCCC1. The van der Waals surface area contributed by atoms with Crippen molar-refractivity contribution >= 4 is 0 Å². The maximum atomic E-state index is 4.28. The first-order valence-corrected chi connectivity index (χ1v) is 7.51. The summed E-state index contributed by atoms with van der Waals surface area (Å²) >= 11 is 0. The smallest absolute Gasteiger partial charge is 0.0948 e. The third-order valence-corrected chi connectivity index (χ3v) is 3.67. The van der Waals surface area contributed by atoms with E-state index in [1.807, 2.05) is 12.5 Å². The highest BCUT2D eigenvalue weighted by Gasteiger charge is 2.12. The van der Waals surface area contributed by atoms with Gasteiger partial charge in [-0.25, -0.2) is 4.98 Å². The molecule has 0 unspecified atom stereocenters. The molecule has 1 N–H and O–H groups in total. The fourth-order valence-corrected chi connectivity index (χ4v) is 2.52. The van der Waals surface area contributed by atoms with Crippen molar-refractivity contribution < 1.29 is 0 Å². The standard InChI is InChI=1S/C15H28N4/c1-15(2,3)17-12-14-11-16-13-19(14)10-6-9-18-7-4-5-8-18/h11,13,17H,4-10,12H2,1-3H3. The number of likely N-dealkylation sites (tertiary alicyclic amines) is 1. The lowest BCUT2D eigenvalue weighted by molar-refractivity contribution is 0.323. The molecule has 1 fully saturated rings. The maximum absolute atomic E-state index is 4.28. The number of hydrogen-bond acceptors (Lipinski definition) is 3. The van der Waals surface area contributed by atoms with Gasteiger partial charge in [0.1, 0.15) is 0 Å². The van der Waals surface area contributed by atoms with E-state index in [2.05, 4.69) is 40.5 Å². The molecule has 1 saturated heterocycles. The molecule has 0 aromatic carbocycles. The Bertz CT molecular complexity index is 372. The van der Waals surface area contributed by atoms with Gasteiger partial charge in [0.05, 0.1) is 12.0 Å². The summed E-state index contributed by atoms with van der Waals surface area (Å²) in [4.78, 5) is 6.86. The Kier molecular flexibility index (Phi) is 4.99. The second kappa shape index (κ2) is 6.53. The zero-order chi connectivity index (χ0) is 13.7. The zero-order valence-electron chi connectivity index (χ0n) is 12.7. The molecule has 0 saturated carbocycles. The van der Waals surface area contributed by atoms with E-state index in [0.717, 1.165) is 13.1 Å². The molecule has 0 radical (unpaired) electrons. The highest BCUT2D eigenvalue weighted by Crippen LogP contribution is 2.09. The summed E-state index contributed by atoms with van der Waals surface area (Å²) in [5.41, 5.74) is 1.45. The van der Waals surface area contributed by atoms with Crippen LogP contribution in [-0.2, 0) is 13.1 Å². The van der Waals surface area contributed by atoms with Crippen LogP contribution in [0.3, 0.4) is 0 Å². The van der Waals surface area contributed by atoms with Crippen LogP contribution in [0.5, 0.6) is 0 Å². The van der Waals surface area contributed by atoms with E-state index >= 15 is 0 Å². The number of aromatic nitrogens is 2. The van der Waals surface area contributed by atoms with Gasteiger partial charge >= 0.3 is 0 Å². The van der Waals surface area contributed by atoms with E-state index in [1.54, 1.807) is 0 Å². The Balaban J connectivity index is 1.75. The Morgan fingerprint density at radius 1 is 1.21 bits per heavy atom. The molecule has 2 heterocycles. The number of nitrogens with zero attached hydrogens (tertiary/aromatic N) is 3. The third-order valence-electron chi connectivity index (χ3n) is 3.67. The summed E-state index contributed by atoms with van der Waals surface area (Å²) in [6.07, 6.45) is 7.93. The Morgan fingerprint density at radius 3 is 2.63 bits per heavy atom. The van der Waals surface area contributed by atoms with Gasteiger partial charge in [0.25, 0.3) is 0 Å². The lowest BCUT2D eigenvalue weighted by atomic mass is 10.1. The summed E-state index contributed by atoms with van der Waals surface area (Å²) < 4.78 is 2.29. The normalized spacial score (nSPS) is 17.2. The van der Waals surface area contributed by atoms with Crippen LogP contribution in [-0.4, -0.2) is 39.6 Å². The average molecular weight is 264 g/mol. The first-order valence-electron chi connectivity index (χ1n) is 7.51. The van der Waals surface area contributed by atoms with E-state index in [4.69, 9.17) is 0 Å². The molecule has 0 aliphatic carbocycles. The largest absolute Gasteiger partial charge is 0.333 e. The molecule has 0 atom stereocenters. The first kappa shape index (κ1) is 14.5. The summed E-state index contributed by atoms with van der Waals surface area (Å²) in [6, 6.07) is 0. The summed E-state index contributed by atoms with van der Waals surface area (Å²) in [5.74, 6) is 0. The lowest BCUT2D eigenvalue weighted by Crippen LogP contribution is -2.35. The Hall–Kier alpha value is -0.870. The van der Waals surface area contributed by atoms with Crippen LogP contribution in [0.15, 0.2) is 12.5 Å². The summed E-state index contributed by atoms with van der Waals surface area (Å²) in [7, 11) is 0. The fraction of sp³-hybridized carbons (Fsp3) is 0.800. The molecule has 0 amide bonds. The molecule has 1 aliphatic rings. The maximum Gasteiger partial charge on any atom is 0.0948 e. The quantitative estimate of drug-likeness (QED) is 0.855. The highest BCUT2D eigenvalue weighted by molar-refractivity contribution is 4.98. The zero-order valence-corrected chi connectivity index (χ0v) is 12.7. The number of aryl methyl sites for hydroxylation is 1. The van der Waals surface area contributed by atoms with Gasteiger partial charge in [-0.05, 0) is 59.7 Å². The molecule has 19 heavy (non-hydrogen) atoms. The van der Waals surface area contributed by atoms with E-state index in [9.17, 15) is 0 Å². The van der Waals surface area contributed by atoms with Gasteiger partial charge in [-0.3, -0.25) is 0 Å². The van der Waals surface area contributed by atoms with Crippen molar-refractivity contribution in [3.63, 3.8) is 0 Å². The molecule has 4 heteroatoms. The van der Waals surface area contributed by atoms with Crippen molar-refractivity contribution in [3.8, 4) is 0 Å². The van der Waals surface area contributed by atoms with Crippen molar-refractivity contribution in [2.24, 2.45) is 0 Å². The van der Waals surface area contributed by atoms with Crippen LogP contribution >= 0.6 is 0 Å². The molecule has 108 valence electrons. The van der Waals surface area contributed by atoms with Crippen LogP contribution in [0.2, 0.25) is 0 Å². The molecule has 1 aliphatic heterocycles. The van der Waals surface area contributed by atoms with E-state index < -0.39 is 0 Å². The number of nitrogens with one attached hydrogen (secondary N) is 1. The van der Waals surface area contributed by atoms with Crippen molar-refractivity contribution in [2.45, 2.75) is 58.7 Å². The van der Waals surface area contributed by atoms with Crippen LogP contribution < -0.4 is 5.32 Å². The van der Waals surface area contributed by atoms with Gasteiger partial charge in [0.15, 0.2) is 0 Å². The lowest BCUT2D eigenvalue weighted by Gasteiger charge is -2.21. The molecule has 4 nitrogen and oxygen atoms in total. The minimum Gasteiger partial charge on any atom is -0.333 e. The summed E-state index contributed by atoms with van der Waals surface area (Å²) in [6.45, 7) is 12.4. The van der Waals surface area contributed by atoms with E-state index in [0.29, 0.717) is 0 Å². The van der Waals surface area contributed by atoms with Crippen molar-refractivity contribution in [1.29, 1.82) is 0 Å². The second-order valence-electron chi connectivity index (χ2n) is 6.58. The van der Waals surface area contributed by atoms with Crippen LogP contribution in [0, 0.1) is 0 Å². The third kappa shape index (κ3) is 4.96. The second-order valence-corrected chi connectivity index (χ2v) is 6.58.